The smallest absolute Gasteiger partial charge is 0.200 e. The molecule has 3 nitrogen and oxygen atoms in total. The molecule has 0 saturated carbocycles. The van der Waals surface area contributed by atoms with Crippen molar-refractivity contribution in [2.75, 3.05) is 33.1 Å². The normalized spacial score (nSPS) is 15.0. The molecule has 30 heavy (non-hydrogen) atoms. The number of aromatic nitrogens is 1. The second kappa shape index (κ2) is 7.06. The van der Waals surface area contributed by atoms with Crippen molar-refractivity contribution < 1.29 is 0 Å². The summed E-state index contributed by atoms with van der Waals surface area (Å²) in [5, 5.41) is 6.24. The minimum absolute atomic E-state index is 0.320. The first-order valence-electron chi connectivity index (χ1n) is 10.3. The Bertz CT molecular complexity index is 1510. The van der Waals surface area contributed by atoms with E-state index in [1.807, 2.05) is 11.3 Å². The lowest BCUT2D eigenvalue weighted by molar-refractivity contribution is 0.815. The summed E-state index contributed by atoms with van der Waals surface area (Å²) < 4.78 is 3.39. The highest BCUT2D eigenvalue weighted by atomic mass is 32.1. The molecule has 4 heteroatoms. The van der Waals surface area contributed by atoms with Crippen LogP contribution in [-0.4, -0.2) is 33.2 Å². The molecule has 0 amide bonds. The van der Waals surface area contributed by atoms with Crippen LogP contribution < -0.4 is 25.3 Å². The van der Waals surface area contributed by atoms with Gasteiger partial charge in [0.05, 0.1) is 15.9 Å². The Balaban J connectivity index is 1.76. The van der Waals surface area contributed by atoms with E-state index in [1.54, 1.807) is 0 Å². The van der Waals surface area contributed by atoms with Crippen molar-refractivity contribution in [2.24, 2.45) is 0 Å². The standard InChI is InChI=1S/C26H26N3S/c1-16-10-19-11-21(28(2)3)9-7-18(19)14-24-26(16)30-25-15-20-12-22(29(4)5)8-6-17(20)13-23(25)27-24/h6-16H,1-5H3/q+1. The predicted octanol–water partition coefficient (Wildman–Crippen LogP) is 3.27. The predicted molar refractivity (Wildman–Crippen MR) is 131 cm³/mol. The maximum absolute atomic E-state index is 5.10. The molecule has 1 aliphatic carbocycles. The largest absolute Gasteiger partial charge is 0.378 e. The Kier molecular flexibility index (Phi) is 4.48. The van der Waals surface area contributed by atoms with E-state index in [-0.39, 0.29) is 0 Å². The Labute approximate surface area is 180 Å². The van der Waals surface area contributed by atoms with Gasteiger partial charge >= 0.3 is 0 Å². The number of fused-ring (bicyclic) bond motifs is 4. The minimum atomic E-state index is 0.320. The lowest BCUT2D eigenvalue weighted by Gasteiger charge is -2.12. The van der Waals surface area contributed by atoms with E-state index >= 15 is 0 Å². The summed E-state index contributed by atoms with van der Waals surface area (Å²) in [6.45, 7) is 2.28. The van der Waals surface area contributed by atoms with E-state index in [0.717, 1.165) is 11.2 Å². The molecule has 1 aromatic heterocycles. The third-order valence-corrected chi connectivity index (χ3v) is 7.20. The van der Waals surface area contributed by atoms with E-state index in [1.165, 1.54) is 41.8 Å². The number of hydrogen-bond acceptors (Lipinski definition) is 3. The first-order valence-corrected chi connectivity index (χ1v) is 11.1. The summed E-state index contributed by atoms with van der Waals surface area (Å²) in [5.41, 5.74) is 3.39. The fraction of sp³-hybridized carbons (Fsp3) is 0.231. The van der Waals surface area contributed by atoms with Crippen LogP contribution in [0.3, 0.4) is 0 Å². The molecular formula is C26H26N3S+. The summed E-state index contributed by atoms with van der Waals surface area (Å²) in [7, 11) is 8.34. The van der Waals surface area contributed by atoms with Gasteiger partial charge in [-0.15, -0.1) is 11.3 Å². The molecule has 4 aromatic rings. The molecule has 0 radical (unpaired) electrons. The highest BCUT2D eigenvalue weighted by Crippen LogP contribution is 2.33. The van der Waals surface area contributed by atoms with Crippen LogP contribution in [-0.2, 0) is 0 Å². The van der Waals surface area contributed by atoms with E-state index in [2.05, 4.69) is 105 Å². The number of hydrogen-bond donors (Lipinski definition) is 0. The van der Waals surface area contributed by atoms with Crippen LogP contribution >= 0.6 is 11.3 Å². The average Bonchev–Trinajstić information content (AvgIpc) is 2.85. The van der Waals surface area contributed by atoms with Crippen molar-refractivity contribution in [3.63, 3.8) is 0 Å². The molecule has 1 unspecified atom stereocenters. The van der Waals surface area contributed by atoms with Gasteiger partial charge in [0.15, 0.2) is 5.36 Å². The summed E-state index contributed by atoms with van der Waals surface area (Å²) in [4.78, 5) is 8.58. The minimum Gasteiger partial charge on any atom is -0.378 e. The Morgan fingerprint density at radius 3 is 2.53 bits per heavy atom. The van der Waals surface area contributed by atoms with Crippen molar-refractivity contribution in [3.05, 3.63) is 74.9 Å². The molecule has 0 saturated heterocycles. The molecule has 0 bridgehead atoms. The van der Waals surface area contributed by atoms with Crippen molar-refractivity contribution in [1.29, 1.82) is 0 Å². The van der Waals surface area contributed by atoms with Crippen molar-refractivity contribution in [3.8, 4) is 0 Å². The topological polar surface area (TPSA) is 19.1 Å². The van der Waals surface area contributed by atoms with Gasteiger partial charge in [-0.3, -0.25) is 0 Å². The number of benzene rings is 3. The van der Waals surface area contributed by atoms with E-state index in [0.29, 0.717) is 5.92 Å². The molecule has 1 heterocycles. The van der Waals surface area contributed by atoms with Gasteiger partial charge in [0.2, 0.25) is 0 Å². The van der Waals surface area contributed by atoms with Crippen molar-refractivity contribution in [1.82, 2.24) is 9.56 Å². The molecular weight excluding hydrogens is 386 g/mol. The molecule has 0 N–H and O–H groups in total. The van der Waals surface area contributed by atoms with Gasteiger partial charge in [0.1, 0.15) is 14.1 Å². The van der Waals surface area contributed by atoms with E-state index < -0.39 is 0 Å². The van der Waals surface area contributed by atoms with Gasteiger partial charge in [-0.2, -0.15) is 0 Å². The molecule has 3 aromatic carbocycles. The quantitative estimate of drug-likeness (QED) is 0.353. The average molecular weight is 413 g/mol. The SMILES string of the molecule is CC1C=c2cc(N(C)C)ccc2=Cc2nc3cc4ccc(=[N+](C)C)cc4cc3sc21. The highest BCUT2D eigenvalue weighted by molar-refractivity contribution is 7.18. The lowest BCUT2D eigenvalue weighted by Crippen LogP contribution is -2.26. The molecule has 5 rings (SSSR count). The van der Waals surface area contributed by atoms with Gasteiger partial charge in [-0.25, -0.2) is 9.56 Å². The summed E-state index contributed by atoms with van der Waals surface area (Å²) in [6, 6.07) is 17.8. The van der Waals surface area contributed by atoms with Crippen LogP contribution in [0, 0.1) is 0 Å². The third-order valence-electron chi connectivity index (χ3n) is 5.85. The fourth-order valence-electron chi connectivity index (χ4n) is 4.09. The van der Waals surface area contributed by atoms with Gasteiger partial charge in [0.25, 0.3) is 0 Å². The fourth-order valence-corrected chi connectivity index (χ4v) is 5.19. The molecule has 0 fully saturated rings. The highest BCUT2D eigenvalue weighted by Gasteiger charge is 2.15. The van der Waals surface area contributed by atoms with Gasteiger partial charge in [-0.1, -0.05) is 19.1 Å². The molecule has 1 atom stereocenters. The van der Waals surface area contributed by atoms with Gasteiger partial charge in [0, 0.05) is 42.7 Å². The van der Waals surface area contributed by atoms with Crippen molar-refractivity contribution >= 4 is 50.2 Å². The number of rotatable bonds is 1. The van der Waals surface area contributed by atoms with Crippen LogP contribution in [0.5, 0.6) is 0 Å². The first-order chi connectivity index (χ1) is 14.4. The van der Waals surface area contributed by atoms with E-state index in [4.69, 9.17) is 4.98 Å². The summed E-state index contributed by atoms with van der Waals surface area (Å²) in [5.74, 6) is 0.320. The Morgan fingerprint density at radius 2 is 1.77 bits per heavy atom. The molecule has 0 spiro atoms. The van der Waals surface area contributed by atoms with E-state index in [9.17, 15) is 0 Å². The molecule has 0 aliphatic heterocycles. The summed E-state index contributed by atoms with van der Waals surface area (Å²) >= 11 is 1.87. The Hall–Kier alpha value is -2.98. The lowest BCUT2D eigenvalue weighted by atomic mass is 10.1. The van der Waals surface area contributed by atoms with Crippen LogP contribution in [0.2, 0.25) is 0 Å². The zero-order valence-electron chi connectivity index (χ0n) is 18.1. The maximum atomic E-state index is 5.10. The van der Waals surface area contributed by atoms with Crippen LogP contribution in [0.1, 0.15) is 23.4 Å². The van der Waals surface area contributed by atoms with Gasteiger partial charge < -0.3 is 4.90 Å². The third kappa shape index (κ3) is 3.21. The second-order valence-electron chi connectivity index (χ2n) is 8.52. The van der Waals surface area contributed by atoms with Gasteiger partial charge in [-0.05, 0) is 57.6 Å². The molecule has 150 valence electrons. The van der Waals surface area contributed by atoms with Crippen LogP contribution in [0.25, 0.3) is 33.1 Å². The maximum Gasteiger partial charge on any atom is 0.200 e. The van der Waals surface area contributed by atoms with Crippen LogP contribution in [0.15, 0.2) is 48.5 Å². The Morgan fingerprint density at radius 1 is 0.933 bits per heavy atom. The number of nitrogens with zero attached hydrogens (tertiary/aromatic N) is 3. The van der Waals surface area contributed by atoms with Crippen LogP contribution in [0.4, 0.5) is 5.69 Å². The first kappa shape index (κ1) is 19.0. The second-order valence-corrected chi connectivity index (χ2v) is 9.60. The monoisotopic (exact) mass is 412 g/mol. The zero-order valence-corrected chi connectivity index (χ0v) is 18.9. The zero-order chi connectivity index (χ0) is 21.0. The molecule has 1 aliphatic rings. The summed E-state index contributed by atoms with van der Waals surface area (Å²) in [6.07, 6.45) is 4.62. The van der Waals surface area contributed by atoms with Crippen molar-refractivity contribution in [2.45, 2.75) is 12.8 Å². The number of anilines is 1.